The van der Waals surface area contributed by atoms with E-state index in [9.17, 15) is 0 Å². The number of rotatable bonds is 5. The average molecular weight is 237 g/mol. The molecule has 0 aliphatic carbocycles. The van der Waals surface area contributed by atoms with Gasteiger partial charge in [-0.2, -0.15) is 5.10 Å². The lowest BCUT2D eigenvalue weighted by Gasteiger charge is -2.23. The molecule has 4 heteroatoms. The van der Waals surface area contributed by atoms with Crippen molar-refractivity contribution in [3.05, 3.63) is 17.5 Å². The van der Waals surface area contributed by atoms with Gasteiger partial charge in [-0.1, -0.05) is 6.92 Å². The smallest absolute Gasteiger partial charge is 0.0641 e. The minimum Gasteiger partial charge on any atom is -0.381 e. The number of aryl methyl sites for hydroxylation is 2. The van der Waals surface area contributed by atoms with Crippen LogP contribution in [0.2, 0.25) is 0 Å². The van der Waals surface area contributed by atoms with E-state index in [2.05, 4.69) is 30.5 Å². The predicted octanol–water partition coefficient (Wildman–Crippen LogP) is 1.81. The molecule has 2 atom stereocenters. The minimum atomic E-state index is 0.395. The van der Waals surface area contributed by atoms with E-state index in [1.165, 1.54) is 5.56 Å². The molecule has 1 aliphatic rings. The fourth-order valence-electron chi connectivity index (χ4n) is 2.57. The Balaban J connectivity index is 2.16. The summed E-state index contributed by atoms with van der Waals surface area (Å²) in [5.74, 6) is 0.587. The van der Waals surface area contributed by atoms with Crippen molar-refractivity contribution in [2.75, 3.05) is 19.8 Å². The average Bonchev–Trinajstić information content (AvgIpc) is 2.90. The maximum absolute atomic E-state index is 5.52. The fraction of sp³-hybridized carbons (Fsp3) is 0.769. The molecular weight excluding hydrogens is 214 g/mol. The van der Waals surface area contributed by atoms with Gasteiger partial charge in [-0.15, -0.1) is 0 Å². The molecule has 2 rings (SSSR count). The van der Waals surface area contributed by atoms with Gasteiger partial charge in [-0.05, 0) is 26.3 Å². The molecular formula is C13H23N3O. The first kappa shape index (κ1) is 12.6. The Morgan fingerprint density at radius 2 is 2.47 bits per heavy atom. The number of aromatic nitrogens is 2. The maximum atomic E-state index is 5.52. The highest BCUT2D eigenvalue weighted by Gasteiger charge is 2.28. The first-order chi connectivity index (χ1) is 8.22. The normalized spacial score (nSPS) is 21.9. The standard InChI is InChI=1S/C13H23N3O/c1-4-6-14-13(11-5-7-17-9-11)12-8-16(3)15-10(12)2/h8,11,13-14H,4-7,9H2,1-3H3. The fourth-order valence-corrected chi connectivity index (χ4v) is 2.57. The Kier molecular flexibility index (Phi) is 4.18. The Bertz CT molecular complexity index is 356. The summed E-state index contributed by atoms with van der Waals surface area (Å²) >= 11 is 0. The molecule has 2 unspecified atom stereocenters. The molecule has 0 saturated carbocycles. The molecule has 1 aliphatic heterocycles. The Morgan fingerprint density at radius 1 is 1.65 bits per heavy atom. The zero-order valence-corrected chi connectivity index (χ0v) is 11.1. The molecule has 1 aromatic rings. The van der Waals surface area contributed by atoms with Crippen LogP contribution in [-0.4, -0.2) is 29.5 Å². The van der Waals surface area contributed by atoms with Crippen LogP contribution in [0.4, 0.5) is 0 Å². The van der Waals surface area contributed by atoms with Crippen LogP contribution in [0.3, 0.4) is 0 Å². The summed E-state index contributed by atoms with van der Waals surface area (Å²) in [6, 6.07) is 0.395. The minimum absolute atomic E-state index is 0.395. The zero-order valence-electron chi connectivity index (χ0n) is 11.1. The van der Waals surface area contributed by atoms with Crippen molar-refractivity contribution < 1.29 is 4.74 Å². The summed E-state index contributed by atoms with van der Waals surface area (Å²) in [7, 11) is 1.98. The van der Waals surface area contributed by atoms with Gasteiger partial charge < -0.3 is 10.1 Å². The second-order valence-corrected chi connectivity index (χ2v) is 4.90. The highest BCUT2D eigenvalue weighted by atomic mass is 16.5. The summed E-state index contributed by atoms with van der Waals surface area (Å²) in [5.41, 5.74) is 2.46. The van der Waals surface area contributed by atoms with Gasteiger partial charge in [0.2, 0.25) is 0 Å². The Morgan fingerprint density at radius 3 is 3.00 bits per heavy atom. The Hall–Kier alpha value is -0.870. The van der Waals surface area contributed by atoms with E-state index in [1.54, 1.807) is 0 Å². The highest BCUT2D eigenvalue weighted by molar-refractivity contribution is 5.21. The Labute approximate surface area is 103 Å². The van der Waals surface area contributed by atoms with Gasteiger partial charge in [0.05, 0.1) is 12.3 Å². The third-order valence-corrected chi connectivity index (χ3v) is 3.44. The monoisotopic (exact) mass is 237 g/mol. The van der Waals surface area contributed by atoms with Crippen LogP contribution in [0.1, 0.15) is 37.1 Å². The van der Waals surface area contributed by atoms with Gasteiger partial charge in [0, 0.05) is 37.4 Å². The summed E-state index contributed by atoms with van der Waals surface area (Å²) in [4.78, 5) is 0. The first-order valence-corrected chi connectivity index (χ1v) is 6.53. The molecule has 96 valence electrons. The van der Waals surface area contributed by atoms with E-state index >= 15 is 0 Å². The molecule has 0 amide bonds. The van der Waals surface area contributed by atoms with Crippen molar-refractivity contribution in [1.29, 1.82) is 0 Å². The van der Waals surface area contributed by atoms with Crippen molar-refractivity contribution in [2.24, 2.45) is 13.0 Å². The molecule has 2 heterocycles. The predicted molar refractivity (Wildman–Crippen MR) is 67.9 cm³/mol. The van der Waals surface area contributed by atoms with E-state index < -0.39 is 0 Å². The van der Waals surface area contributed by atoms with E-state index in [0.29, 0.717) is 12.0 Å². The van der Waals surface area contributed by atoms with Gasteiger partial charge in [-0.3, -0.25) is 4.68 Å². The topological polar surface area (TPSA) is 39.1 Å². The molecule has 1 N–H and O–H groups in total. The summed E-state index contributed by atoms with van der Waals surface area (Å²) in [6.45, 7) is 7.11. The van der Waals surface area contributed by atoms with E-state index in [0.717, 1.165) is 38.3 Å². The third-order valence-electron chi connectivity index (χ3n) is 3.44. The molecule has 0 aromatic carbocycles. The SMILES string of the molecule is CCCNC(c1cn(C)nc1C)C1CCOC1. The van der Waals surface area contributed by atoms with Gasteiger partial charge in [-0.25, -0.2) is 0 Å². The van der Waals surface area contributed by atoms with Crippen LogP contribution >= 0.6 is 0 Å². The molecule has 0 spiro atoms. The van der Waals surface area contributed by atoms with Gasteiger partial charge >= 0.3 is 0 Å². The van der Waals surface area contributed by atoms with Gasteiger partial charge in [0.15, 0.2) is 0 Å². The lowest BCUT2D eigenvalue weighted by Crippen LogP contribution is -2.29. The molecule has 0 radical (unpaired) electrons. The second-order valence-electron chi connectivity index (χ2n) is 4.90. The quantitative estimate of drug-likeness (QED) is 0.849. The summed E-state index contributed by atoms with van der Waals surface area (Å²) < 4.78 is 7.42. The number of hydrogen-bond acceptors (Lipinski definition) is 3. The van der Waals surface area contributed by atoms with E-state index in [1.807, 2.05) is 11.7 Å². The number of ether oxygens (including phenoxy) is 1. The first-order valence-electron chi connectivity index (χ1n) is 6.53. The van der Waals surface area contributed by atoms with Crippen LogP contribution in [0.5, 0.6) is 0 Å². The van der Waals surface area contributed by atoms with Gasteiger partial charge in [0.1, 0.15) is 0 Å². The van der Waals surface area contributed by atoms with Crippen molar-refractivity contribution in [3.8, 4) is 0 Å². The number of nitrogens with zero attached hydrogens (tertiary/aromatic N) is 2. The summed E-state index contributed by atoms with van der Waals surface area (Å²) in [5, 5.41) is 8.10. The molecule has 0 bridgehead atoms. The molecule has 4 nitrogen and oxygen atoms in total. The maximum Gasteiger partial charge on any atom is 0.0641 e. The van der Waals surface area contributed by atoms with Crippen LogP contribution < -0.4 is 5.32 Å². The van der Waals surface area contributed by atoms with Crippen molar-refractivity contribution in [3.63, 3.8) is 0 Å². The third kappa shape index (κ3) is 2.87. The second kappa shape index (κ2) is 5.65. The zero-order chi connectivity index (χ0) is 12.3. The van der Waals surface area contributed by atoms with Crippen molar-refractivity contribution >= 4 is 0 Å². The largest absolute Gasteiger partial charge is 0.381 e. The van der Waals surface area contributed by atoms with E-state index in [4.69, 9.17) is 4.74 Å². The van der Waals surface area contributed by atoms with Crippen LogP contribution in [0.25, 0.3) is 0 Å². The van der Waals surface area contributed by atoms with Crippen LogP contribution in [-0.2, 0) is 11.8 Å². The lowest BCUT2D eigenvalue weighted by atomic mass is 9.92. The molecule has 17 heavy (non-hydrogen) atoms. The van der Waals surface area contributed by atoms with Crippen LogP contribution in [0.15, 0.2) is 6.20 Å². The number of hydrogen-bond donors (Lipinski definition) is 1. The molecule has 1 fully saturated rings. The number of nitrogens with one attached hydrogen (secondary N) is 1. The molecule has 1 saturated heterocycles. The van der Waals surface area contributed by atoms with Crippen LogP contribution in [0, 0.1) is 12.8 Å². The van der Waals surface area contributed by atoms with E-state index in [-0.39, 0.29) is 0 Å². The summed E-state index contributed by atoms with van der Waals surface area (Å²) in [6.07, 6.45) is 4.44. The molecule has 1 aromatic heterocycles. The van der Waals surface area contributed by atoms with Crippen molar-refractivity contribution in [1.82, 2.24) is 15.1 Å². The van der Waals surface area contributed by atoms with Crippen molar-refractivity contribution in [2.45, 2.75) is 32.7 Å². The highest BCUT2D eigenvalue weighted by Crippen LogP contribution is 2.30. The lowest BCUT2D eigenvalue weighted by molar-refractivity contribution is 0.176. The van der Waals surface area contributed by atoms with Gasteiger partial charge in [0.25, 0.3) is 0 Å².